The van der Waals surface area contributed by atoms with Crippen LogP contribution in [-0.2, 0) is 9.59 Å². The van der Waals surface area contributed by atoms with E-state index >= 15 is 0 Å². The number of nitrogens with zero attached hydrogens (tertiary/aromatic N) is 2. The Balaban J connectivity index is 0.00000338. The number of carboxylic acid groups (broad SMARTS) is 1. The Labute approximate surface area is 156 Å². The SMILES string of the molecule is COc1ccc([N+](=O)[O-])cc1NC(=O)CCN1CCCC(C(=O)O)C1.Cl. The maximum atomic E-state index is 12.1. The minimum atomic E-state index is -0.810. The van der Waals surface area contributed by atoms with Crippen molar-refractivity contribution in [3.63, 3.8) is 0 Å². The summed E-state index contributed by atoms with van der Waals surface area (Å²) >= 11 is 0. The van der Waals surface area contributed by atoms with E-state index in [9.17, 15) is 19.7 Å². The highest BCUT2D eigenvalue weighted by Gasteiger charge is 2.25. The number of benzene rings is 1. The highest BCUT2D eigenvalue weighted by atomic mass is 35.5. The number of aliphatic carboxylic acids is 1. The molecule has 0 aromatic heterocycles. The molecule has 1 atom stereocenters. The smallest absolute Gasteiger partial charge is 0.307 e. The summed E-state index contributed by atoms with van der Waals surface area (Å²) in [6, 6.07) is 3.97. The monoisotopic (exact) mass is 387 g/mol. The van der Waals surface area contributed by atoms with E-state index in [1.165, 1.54) is 25.3 Å². The molecule has 1 saturated heterocycles. The van der Waals surface area contributed by atoms with Crippen molar-refractivity contribution in [2.45, 2.75) is 19.3 Å². The largest absolute Gasteiger partial charge is 0.495 e. The van der Waals surface area contributed by atoms with Gasteiger partial charge >= 0.3 is 5.97 Å². The molecule has 0 saturated carbocycles. The molecule has 1 aromatic rings. The number of ether oxygens (including phenoxy) is 1. The van der Waals surface area contributed by atoms with E-state index < -0.39 is 16.8 Å². The maximum Gasteiger partial charge on any atom is 0.307 e. The van der Waals surface area contributed by atoms with Gasteiger partial charge in [-0.05, 0) is 25.5 Å². The van der Waals surface area contributed by atoms with E-state index in [-0.39, 0.29) is 36.1 Å². The molecule has 2 N–H and O–H groups in total. The molecule has 144 valence electrons. The molecular formula is C16H22ClN3O6. The molecular weight excluding hydrogens is 366 g/mol. The molecule has 0 spiro atoms. The van der Waals surface area contributed by atoms with Gasteiger partial charge in [-0.2, -0.15) is 0 Å². The average Bonchev–Trinajstić information content (AvgIpc) is 2.60. The minimum Gasteiger partial charge on any atom is -0.495 e. The zero-order valence-corrected chi connectivity index (χ0v) is 15.2. The highest BCUT2D eigenvalue weighted by Crippen LogP contribution is 2.29. The van der Waals surface area contributed by atoms with Gasteiger partial charge in [0, 0.05) is 31.6 Å². The van der Waals surface area contributed by atoms with Crippen LogP contribution in [0.4, 0.5) is 11.4 Å². The van der Waals surface area contributed by atoms with Crippen molar-refractivity contribution >= 4 is 35.7 Å². The third-order valence-corrected chi connectivity index (χ3v) is 4.18. The van der Waals surface area contributed by atoms with Crippen molar-refractivity contribution in [2.75, 3.05) is 32.1 Å². The second-order valence-electron chi connectivity index (χ2n) is 5.92. The maximum absolute atomic E-state index is 12.1. The van der Waals surface area contributed by atoms with Crippen molar-refractivity contribution in [3.05, 3.63) is 28.3 Å². The summed E-state index contributed by atoms with van der Waals surface area (Å²) in [7, 11) is 1.41. The number of hydrogen-bond acceptors (Lipinski definition) is 6. The lowest BCUT2D eigenvalue weighted by atomic mass is 9.98. The number of non-ortho nitro benzene ring substituents is 1. The summed E-state index contributed by atoms with van der Waals surface area (Å²) < 4.78 is 5.10. The number of amides is 1. The van der Waals surface area contributed by atoms with Crippen molar-refractivity contribution in [1.82, 2.24) is 4.90 Å². The Morgan fingerprint density at radius 2 is 2.19 bits per heavy atom. The number of halogens is 1. The lowest BCUT2D eigenvalue weighted by Crippen LogP contribution is -2.40. The number of hydrogen-bond donors (Lipinski definition) is 2. The number of nitro groups is 1. The van der Waals surface area contributed by atoms with E-state index in [0.29, 0.717) is 25.3 Å². The summed E-state index contributed by atoms with van der Waals surface area (Å²) in [5.74, 6) is -1.18. The van der Waals surface area contributed by atoms with Crippen molar-refractivity contribution in [3.8, 4) is 5.75 Å². The van der Waals surface area contributed by atoms with Crippen LogP contribution in [0, 0.1) is 16.0 Å². The van der Waals surface area contributed by atoms with Crippen LogP contribution in [0.3, 0.4) is 0 Å². The number of anilines is 1. The topological polar surface area (TPSA) is 122 Å². The zero-order chi connectivity index (χ0) is 18.4. The van der Waals surface area contributed by atoms with E-state index in [2.05, 4.69) is 5.32 Å². The molecule has 1 heterocycles. The van der Waals surface area contributed by atoms with Gasteiger partial charge in [-0.25, -0.2) is 0 Å². The van der Waals surface area contributed by atoms with Gasteiger partial charge in [-0.1, -0.05) is 0 Å². The van der Waals surface area contributed by atoms with Gasteiger partial charge in [0.1, 0.15) is 5.75 Å². The Bertz CT molecular complexity index is 669. The standard InChI is InChI=1S/C16H21N3O6.ClH/c1-25-14-5-4-12(19(23)24)9-13(14)17-15(20)6-8-18-7-2-3-11(10-18)16(21)22;/h4-5,9,11H,2-3,6-8,10H2,1H3,(H,17,20)(H,21,22);1H. The third kappa shape index (κ3) is 5.85. The van der Waals surface area contributed by atoms with E-state index in [0.717, 1.165) is 13.0 Å². The summed E-state index contributed by atoms with van der Waals surface area (Å²) in [6.45, 7) is 1.63. The van der Waals surface area contributed by atoms with Crippen LogP contribution in [0.5, 0.6) is 5.75 Å². The zero-order valence-electron chi connectivity index (χ0n) is 14.3. The van der Waals surface area contributed by atoms with E-state index in [1.54, 1.807) is 0 Å². The molecule has 0 bridgehead atoms. The fourth-order valence-corrected chi connectivity index (χ4v) is 2.84. The van der Waals surface area contributed by atoms with Gasteiger partial charge in [0.15, 0.2) is 0 Å². The Kier molecular flexibility index (Phi) is 8.27. The van der Waals surface area contributed by atoms with Gasteiger partial charge in [0.05, 0.1) is 23.6 Å². The molecule has 0 aliphatic carbocycles. The quantitative estimate of drug-likeness (QED) is 0.542. The van der Waals surface area contributed by atoms with Gasteiger partial charge < -0.3 is 20.1 Å². The van der Waals surface area contributed by atoms with Gasteiger partial charge in [0.25, 0.3) is 5.69 Å². The molecule has 1 aromatic carbocycles. The Morgan fingerprint density at radius 1 is 1.46 bits per heavy atom. The third-order valence-electron chi connectivity index (χ3n) is 4.18. The number of carbonyl (C=O) groups is 2. The van der Waals surface area contributed by atoms with Crippen molar-refractivity contribution in [2.24, 2.45) is 5.92 Å². The number of methoxy groups -OCH3 is 1. The van der Waals surface area contributed by atoms with Crippen molar-refractivity contribution in [1.29, 1.82) is 0 Å². The molecule has 10 heteroatoms. The number of carboxylic acids is 1. The first-order valence-electron chi connectivity index (χ1n) is 7.98. The Hall–Kier alpha value is -2.39. The van der Waals surface area contributed by atoms with Crippen molar-refractivity contribution < 1.29 is 24.4 Å². The molecule has 1 aliphatic rings. The van der Waals surface area contributed by atoms with Crippen LogP contribution >= 0.6 is 12.4 Å². The average molecular weight is 388 g/mol. The minimum absolute atomic E-state index is 0. The normalized spacial score (nSPS) is 17.0. The van der Waals surface area contributed by atoms with E-state index in [4.69, 9.17) is 9.84 Å². The van der Waals surface area contributed by atoms with Crippen LogP contribution in [0.2, 0.25) is 0 Å². The number of piperidine rings is 1. The molecule has 1 amide bonds. The number of nitro benzene ring substituents is 1. The highest BCUT2D eigenvalue weighted by molar-refractivity contribution is 5.92. The van der Waals surface area contributed by atoms with Crippen LogP contribution in [0.1, 0.15) is 19.3 Å². The summed E-state index contributed by atoms with van der Waals surface area (Å²) in [4.78, 5) is 35.5. The molecule has 2 rings (SSSR count). The van der Waals surface area contributed by atoms with Crippen LogP contribution < -0.4 is 10.1 Å². The molecule has 9 nitrogen and oxygen atoms in total. The summed E-state index contributed by atoms with van der Waals surface area (Å²) in [5, 5.41) is 22.6. The number of carbonyl (C=O) groups excluding carboxylic acids is 1. The fourth-order valence-electron chi connectivity index (χ4n) is 2.84. The second kappa shape index (κ2) is 9.93. The lowest BCUT2D eigenvalue weighted by molar-refractivity contribution is -0.384. The van der Waals surface area contributed by atoms with Gasteiger partial charge in [0.2, 0.25) is 5.91 Å². The predicted molar refractivity (Wildman–Crippen MR) is 96.9 cm³/mol. The Morgan fingerprint density at radius 3 is 2.81 bits per heavy atom. The summed E-state index contributed by atoms with van der Waals surface area (Å²) in [6.07, 6.45) is 1.61. The predicted octanol–water partition coefficient (Wildman–Crippen LogP) is 2.15. The molecule has 1 unspecified atom stereocenters. The molecule has 1 aliphatic heterocycles. The first-order valence-corrected chi connectivity index (χ1v) is 7.98. The molecule has 0 radical (unpaired) electrons. The molecule has 26 heavy (non-hydrogen) atoms. The first kappa shape index (κ1) is 21.7. The van der Waals surface area contributed by atoms with E-state index in [1.807, 2.05) is 4.90 Å². The van der Waals surface area contributed by atoms with Crippen LogP contribution in [0.15, 0.2) is 18.2 Å². The first-order chi connectivity index (χ1) is 11.9. The molecule has 1 fully saturated rings. The number of likely N-dealkylation sites (tertiary alicyclic amines) is 1. The second-order valence-corrected chi connectivity index (χ2v) is 5.92. The number of rotatable bonds is 7. The van der Waals surface area contributed by atoms with Gasteiger partial charge in [-0.3, -0.25) is 19.7 Å². The number of nitrogens with one attached hydrogen (secondary N) is 1. The fraction of sp³-hybridized carbons (Fsp3) is 0.500. The van der Waals surface area contributed by atoms with Gasteiger partial charge in [-0.15, -0.1) is 12.4 Å². The lowest BCUT2D eigenvalue weighted by Gasteiger charge is -2.30. The van der Waals surface area contributed by atoms with Crippen LogP contribution in [0.25, 0.3) is 0 Å². The summed E-state index contributed by atoms with van der Waals surface area (Å²) in [5.41, 5.74) is 0.0974. The van der Waals surface area contributed by atoms with Crippen LogP contribution in [-0.4, -0.2) is 53.6 Å².